The second-order valence-corrected chi connectivity index (χ2v) is 2.38. The molecular weight excluding hydrogens is 171 g/mol. The molecule has 60 valence electrons. The van der Waals surface area contributed by atoms with Crippen molar-refractivity contribution in [2.75, 3.05) is 0 Å². The molecule has 8 heteroatoms. The molecular formula is C3H5LiO6S. The van der Waals surface area contributed by atoms with Gasteiger partial charge in [-0.3, -0.25) is 9.35 Å². The molecule has 11 heavy (non-hydrogen) atoms. The molecule has 0 radical (unpaired) electrons. The van der Waals surface area contributed by atoms with Crippen LogP contribution in [0.25, 0.3) is 0 Å². The standard InChI is InChI=1S/C3H4O6S.Li.H/c1-2(4)3(5)9-10(6,7)8;;/h1H3,(H,6,7,8);;. The first-order valence-electron chi connectivity index (χ1n) is 2.04. The van der Waals surface area contributed by atoms with E-state index in [1.165, 1.54) is 0 Å². The molecule has 1 N–H and O–H groups in total. The van der Waals surface area contributed by atoms with E-state index in [9.17, 15) is 18.0 Å². The van der Waals surface area contributed by atoms with Crippen LogP contribution in [0.5, 0.6) is 0 Å². The van der Waals surface area contributed by atoms with Crippen molar-refractivity contribution in [3.05, 3.63) is 0 Å². The molecule has 6 nitrogen and oxygen atoms in total. The quantitative estimate of drug-likeness (QED) is 0.305. The number of rotatable bonds is 2. The Kier molecular flexibility index (Phi) is 5.43. The van der Waals surface area contributed by atoms with Crippen LogP contribution in [0.4, 0.5) is 0 Å². The number of carbonyl (C=O) groups excluding carboxylic acids is 2. The summed E-state index contributed by atoms with van der Waals surface area (Å²) in [6, 6.07) is 0. The molecule has 0 spiro atoms. The Hall–Kier alpha value is -0.353. The molecule has 0 bridgehead atoms. The first-order valence-corrected chi connectivity index (χ1v) is 3.41. The van der Waals surface area contributed by atoms with Gasteiger partial charge in [-0.05, 0) is 0 Å². The van der Waals surface area contributed by atoms with E-state index in [1.54, 1.807) is 0 Å². The van der Waals surface area contributed by atoms with Crippen LogP contribution >= 0.6 is 0 Å². The Morgan fingerprint density at radius 1 is 1.36 bits per heavy atom. The van der Waals surface area contributed by atoms with Gasteiger partial charge < -0.3 is 4.18 Å². The third-order valence-electron chi connectivity index (χ3n) is 0.468. The molecule has 0 aliphatic carbocycles. The molecule has 0 aliphatic heterocycles. The van der Waals surface area contributed by atoms with Crippen molar-refractivity contribution < 1.29 is 26.7 Å². The Morgan fingerprint density at radius 3 is 1.82 bits per heavy atom. The second kappa shape index (κ2) is 4.51. The number of ketones is 1. The molecule has 0 aromatic carbocycles. The van der Waals surface area contributed by atoms with Crippen molar-refractivity contribution in [2.45, 2.75) is 6.92 Å². The van der Waals surface area contributed by atoms with Crippen LogP contribution in [0.2, 0.25) is 0 Å². The van der Waals surface area contributed by atoms with Gasteiger partial charge in [0.05, 0.1) is 0 Å². The average Bonchev–Trinajstić information content (AvgIpc) is 1.60. The monoisotopic (exact) mass is 176 g/mol. The fourth-order valence-electron chi connectivity index (χ4n) is 0.154. The van der Waals surface area contributed by atoms with Gasteiger partial charge in [0.1, 0.15) is 0 Å². The second-order valence-electron chi connectivity index (χ2n) is 1.35. The number of hydrogen-bond donors (Lipinski definition) is 1. The molecule has 0 rings (SSSR count). The SMILES string of the molecule is CC(=O)C(=O)OS(=O)(=O)O.[LiH]. The van der Waals surface area contributed by atoms with Crippen LogP contribution < -0.4 is 0 Å². The van der Waals surface area contributed by atoms with E-state index >= 15 is 0 Å². The van der Waals surface area contributed by atoms with E-state index in [2.05, 4.69) is 4.18 Å². The van der Waals surface area contributed by atoms with Crippen LogP contribution in [-0.4, -0.2) is 43.6 Å². The zero-order chi connectivity index (χ0) is 8.36. The molecule has 0 atom stereocenters. The molecule has 0 aromatic heterocycles. The molecule has 0 saturated carbocycles. The van der Waals surface area contributed by atoms with Crippen molar-refractivity contribution in [3.8, 4) is 0 Å². The van der Waals surface area contributed by atoms with E-state index in [1.807, 2.05) is 0 Å². The Morgan fingerprint density at radius 2 is 1.73 bits per heavy atom. The molecule has 0 unspecified atom stereocenters. The summed E-state index contributed by atoms with van der Waals surface area (Å²) < 4.78 is 30.5. The van der Waals surface area contributed by atoms with Crippen molar-refractivity contribution in [2.24, 2.45) is 0 Å². The third kappa shape index (κ3) is 7.55. The number of carbonyl (C=O) groups is 2. The van der Waals surface area contributed by atoms with E-state index in [0.29, 0.717) is 0 Å². The summed E-state index contributed by atoms with van der Waals surface area (Å²) in [5, 5.41) is 0. The van der Waals surface area contributed by atoms with Gasteiger partial charge in [-0.1, -0.05) is 0 Å². The van der Waals surface area contributed by atoms with Gasteiger partial charge in [0.2, 0.25) is 5.78 Å². The van der Waals surface area contributed by atoms with Gasteiger partial charge >= 0.3 is 35.2 Å². The van der Waals surface area contributed by atoms with Crippen LogP contribution in [0.1, 0.15) is 6.92 Å². The van der Waals surface area contributed by atoms with Crippen molar-refractivity contribution in [3.63, 3.8) is 0 Å². The molecule has 0 fully saturated rings. The van der Waals surface area contributed by atoms with Crippen LogP contribution in [0.3, 0.4) is 0 Å². The minimum atomic E-state index is -4.84. The molecule has 0 amide bonds. The zero-order valence-corrected chi connectivity index (χ0v) is 5.71. The fraction of sp³-hybridized carbons (Fsp3) is 0.333. The summed E-state index contributed by atoms with van der Waals surface area (Å²) in [5.41, 5.74) is 0. The van der Waals surface area contributed by atoms with Gasteiger partial charge in [0, 0.05) is 6.92 Å². The molecule has 0 aromatic rings. The topological polar surface area (TPSA) is 97.7 Å². The van der Waals surface area contributed by atoms with Crippen molar-refractivity contribution in [1.29, 1.82) is 0 Å². The van der Waals surface area contributed by atoms with Gasteiger partial charge in [-0.2, -0.15) is 8.42 Å². The van der Waals surface area contributed by atoms with Crippen molar-refractivity contribution >= 4 is 41.0 Å². The van der Waals surface area contributed by atoms with Gasteiger partial charge in [0.25, 0.3) is 0 Å². The summed E-state index contributed by atoms with van der Waals surface area (Å²) in [6.07, 6.45) is 0. The van der Waals surface area contributed by atoms with E-state index in [-0.39, 0.29) is 18.9 Å². The first-order chi connectivity index (χ1) is 4.33. The first kappa shape index (κ1) is 13.3. The number of Topliss-reactive ketones (excluding diaryl/α,β-unsaturated/α-hetero) is 1. The van der Waals surface area contributed by atoms with Crippen LogP contribution in [0.15, 0.2) is 0 Å². The zero-order valence-electron chi connectivity index (χ0n) is 4.90. The minimum absolute atomic E-state index is 0. The van der Waals surface area contributed by atoms with Gasteiger partial charge in [0.15, 0.2) is 0 Å². The number of hydrogen-bond acceptors (Lipinski definition) is 5. The third-order valence-corrected chi connectivity index (χ3v) is 0.830. The molecule has 0 aliphatic rings. The van der Waals surface area contributed by atoms with Gasteiger partial charge in [-0.15, -0.1) is 0 Å². The van der Waals surface area contributed by atoms with E-state index < -0.39 is 22.2 Å². The summed E-state index contributed by atoms with van der Waals surface area (Å²) in [5.74, 6) is -2.71. The van der Waals surface area contributed by atoms with Crippen LogP contribution in [-0.2, 0) is 24.2 Å². The van der Waals surface area contributed by atoms with Crippen molar-refractivity contribution in [1.82, 2.24) is 0 Å². The molecule has 0 heterocycles. The summed E-state index contributed by atoms with van der Waals surface area (Å²) in [7, 11) is -4.84. The average molecular weight is 176 g/mol. The maximum absolute atomic E-state index is 10.0. The Bertz CT molecular complexity index is 253. The summed E-state index contributed by atoms with van der Waals surface area (Å²) in [6.45, 7) is 0.813. The fourth-order valence-corrected chi connectivity index (χ4v) is 0.463. The molecule has 0 saturated heterocycles. The predicted molar refractivity (Wildman–Crippen MR) is 35.5 cm³/mol. The van der Waals surface area contributed by atoms with E-state index in [4.69, 9.17) is 4.55 Å². The summed E-state index contributed by atoms with van der Waals surface area (Å²) in [4.78, 5) is 20.0. The van der Waals surface area contributed by atoms with E-state index in [0.717, 1.165) is 6.92 Å². The normalized spacial score (nSPS) is 9.64. The van der Waals surface area contributed by atoms with Gasteiger partial charge in [-0.25, -0.2) is 4.79 Å². The summed E-state index contributed by atoms with van der Waals surface area (Å²) >= 11 is 0. The maximum atomic E-state index is 10.0. The van der Waals surface area contributed by atoms with Crippen LogP contribution in [0, 0.1) is 0 Å². The predicted octanol–water partition coefficient (Wildman–Crippen LogP) is -1.73. The Labute approximate surface area is 75.0 Å². The Balaban J connectivity index is 0.